The van der Waals surface area contributed by atoms with E-state index in [2.05, 4.69) is 15.3 Å². The molecule has 8 heteroatoms. The fourth-order valence-electron chi connectivity index (χ4n) is 1.77. The summed E-state index contributed by atoms with van der Waals surface area (Å²) < 4.78 is 25.8. The molecule has 1 aromatic heterocycles. The molecule has 0 bridgehead atoms. The fourth-order valence-corrected chi connectivity index (χ4v) is 3.30. The van der Waals surface area contributed by atoms with Crippen molar-refractivity contribution in [2.45, 2.75) is 11.1 Å². The van der Waals surface area contributed by atoms with Gasteiger partial charge in [0.1, 0.15) is 0 Å². The number of aromatic amines is 1. The van der Waals surface area contributed by atoms with Crippen LogP contribution in [0, 0.1) is 0 Å². The zero-order valence-corrected chi connectivity index (χ0v) is 9.57. The third-order valence-electron chi connectivity index (χ3n) is 2.63. The molecule has 0 saturated carbocycles. The molecule has 0 amide bonds. The Bertz CT molecular complexity index is 429. The second-order valence-corrected chi connectivity index (χ2v) is 5.48. The molecule has 1 unspecified atom stereocenters. The highest BCUT2D eigenvalue weighted by Gasteiger charge is 2.33. The van der Waals surface area contributed by atoms with Crippen LogP contribution in [-0.2, 0) is 10.0 Å². The highest BCUT2D eigenvalue weighted by atomic mass is 32.2. The first-order valence-electron chi connectivity index (χ1n) is 5.07. The van der Waals surface area contributed by atoms with Gasteiger partial charge in [0.2, 0.25) is 0 Å². The van der Waals surface area contributed by atoms with Gasteiger partial charge < -0.3 is 16.0 Å². The van der Waals surface area contributed by atoms with Crippen LogP contribution in [0.5, 0.6) is 0 Å². The minimum atomic E-state index is -3.48. The van der Waals surface area contributed by atoms with E-state index in [0.29, 0.717) is 26.2 Å². The summed E-state index contributed by atoms with van der Waals surface area (Å²) in [6.45, 7) is 1.97. The summed E-state index contributed by atoms with van der Waals surface area (Å²) in [6.07, 6.45) is 2.66. The zero-order valence-electron chi connectivity index (χ0n) is 8.76. The number of hydrogen-bond acceptors (Lipinski definition) is 5. The Morgan fingerprint density at radius 2 is 2.44 bits per heavy atom. The summed E-state index contributed by atoms with van der Waals surface area (Å²) in [5.74, 6) is 0. The predicted octanol–water partition coefficient (Wildman–Crippen LogP) is -1.67. The Balaban J connectivity index is 2.28. The standard InChI is InChI=1S/C8H15N5O2S/c9-3-7-4-10-1-2-13(7)16(14,15)8-5-11-6-12-8/h5-7,10H,1-4,9H2,(H,11,12). The number of nitrogens with two attached hydrogens (primary N) is 1. The first-order valence-corrected chi connectivity index (χ1v) is 6.51. The van der Waals surface area contributed by atoms with Crippen molar-refractivity contribution in [3.63, 3.8) is 0 Å². The number of imidazole rings is 1. The molecule has 90 valence electrons. The van der Waals surface area contributed by atoms with Gasteiger partial charge >= 0.3 is 0 Å². The van der Waals surface area contributed by atoms with Gasteiger partial charge in [-0.1, -0.05) is 0 Å². The van der Waals surface area contributed by atoms with Crippen LogP contribution >= 0.6 is 0 Å². The van der Waals surface area contributed by atoms with E-state index in [1.807, 2.05) is 0 Å². The Kier molecular flexibility index (Phi) is 3.24. The fraction of sp³-hybridized carbons (Fsp3) is 0.625. The number of nitrogens with one attached hydrogen (secondary N) is 2. The second kappa shape index (κ2) is 4.50. The topological polar surface area (TPSA) is 104 Å². The third-order valence-corrected chi connectivity index (χ3v) is 4.51. The maximum absolute atomic E-state index is 12.2. The average molecular weight is 245 g/mol. The number of piperazine rings is 1. The summed E-state index contributed by atoms with van der Waals surface area (Å²) >= 11 is 0. The summed E-state index contributed by atoms with van der Waals surface area (Å²) in [6, 6.07) is -0.193. The van der Waals surface area contributed by atoms with E-state index in [1.54, 1.807) is 0 Å². The van der Waals surface area contributed by atoms with Gasteiger partial charge in [-0.25, -0.2) is 13.4 Å². The molecule has 0 spiro atoms. The lowest BCUT2D eigenvalue weighted by atomic mass is 10.2. The van der Waals surface area contributed by atoms with Crippen LogP contribution in [-0.4, -0.2) is 54.9 Å². The number of aromatic nitrogens is 2. The maximum Gasteiger partial charge on any atom is 0.260 e. The van der Waals surface area contributed by atoms with E-state index >= 15 is 0 Å². The molecule has 1 aromatic rings. The van der Waals surface area contributed by atoms with Gasteiger partial charge in [-0.15, -0.1) is 0 Å². The summed E-state index contributed by atoms with van der Waals surface area (Å²) in [5, 5.41) is 3.24. The van der Waals surface area contributed by atoms with E-state index in [0.717, 1.165) is 0 Å². The highest BCUT2D eigenvalue weighted by Crippen LogP contribution is 2.16. The number of sulfonamides is 1. The van der Waals surface area contributed by atoms with Gasteiger partial charge in [0.25, 0.3) is 10.0 Å². The summed E-state index contributed by atoms with van der Waals surface area (Å²) in [5.41, 5.74) is 5.57. The molecule has 1 aliphatic heterocycles. The van der Waals surface area contributed by atoms with Gasteiger partial charge in [0, 0.05) is 32.2 Å². The largest absolute Gasteiger partial charge is 0.335 e. The molecule has 4 N–H and O–H groups in total. The molecule has 1 fully saturated rings. The first kappa shape index (κ1) is 11.5. The molecule has 2 heterocycles. The molecule has 1 saturated heterocycles. The first-order chi connectivity index (χ1) is 7.66. The van der Waals surface area contributed by atoms with Crippen molar-refractivity contribution >= 4 is 10.0 Å². The lowest BCUT2D eigenvalue weighted by Gasteiger charge is -2.33. The molecule has 1 atom stereocenters. The SMILES string of the molecule is NCC1CNCCN1S(=O)(=O)c1cnc[nH]1. The van der Waals surface area contributed by atoms with Crippen LogP contribution in [0.15, 0.2) is 17.6 Å². The van der Waals surface area contributed by atoms with Crippen molar-refractivity contribution < 1.29 is 8.42 Å². The molecule has 0 aliphatic carbocycles. The van der Waals surface area contributed by atoms with Crippen molar-refractivity contribution in [1.29, 1.82) is 0 Å². The van der Waals surface area contributed by atoms with Crippen LogP contribution in [0.2, 0.25) is 0 Å². The maximum atomic E-state index is 12.2. The van der Waals surface area contributed by atoms with E-state index in [-0.39, 0.29) is 11.1 Å². The van der Waals surface area contributed by atoms with Crippen LogP contribution in [0.1, 0.15) is 0 Å². The normalized spacial score (nSPS) is 23.4. The number of nitrogens with zero attached hydrogens (tertiary/aromatic N) is 2. The average Bonchev–Trinajstić information content (AvgIpc) is 2.83. The van der Waals surface area contributed by atoms with Crippen LogP contribution in [0.3, 0.4) is 0 Å². The Morgan fingerprint density at radius 3 is 3.06 bits per heavy atom. The Morgan fingerprint density at radius 1 is 1.62 bits per heavy atom. The lowest BCUT2D eigenvalue weighted by molar-refractivity contribution is 0.272. The minimum Gasteiger partial charge on any atom is -0.335 e. The second-order valence-electron chi connectivity index (χ2n) is 3.63. The van der Waals surface area contributed by atoms with Crippen molar-refractivity contribution in [1.82, 2.24) is 19.6 Å². The van der Waals surface area contributed by atoms with E-state index in [1.165, 1.54) is 16.8 Å². The van der Waals surface area contributed by atoms with Gasteiger partial charge in [0.05, 0.1) is 12.5 Å². The molecular weight excluding hydrogens is 230 g/mol. The molecule has 7 nitrogen and oxygen atoms in total. The quantitative estimate of drug-likeness (QED) is 0.591. The smallest absolute Gasteiger partial charge is 0.260 e. The minimum absolute atomic E-state index is 0.118. The van der Waals surface area contributed by atoms with Crippen molar-refractivity contribution in [2.75, 3.05) is 26.2 Å². The van der Waals surface area contributed by atoms with Crippen LogP contribution in [0.25, 0.3) is 0 Å². The van der Waals surface area contributed by atoms with Crippen LogP contribution < -0.4 is 11.1 Å². The van der Waals surface area contributed by atoms with Gasteiger partial charge in [0.15, 0.2) is 5.03 Å². The van der Waals surface area contributed by atoms with Gasteiger partial charge in [-0.2, -0.15) is 4.31 Å². The van der Waals surface area contributed by atoms with Crippen molar-refractivity contribution in [2.24, 2.45) is 5.73 Å². The highest BCUT2D eigenvalue weighted by molar-refractivity contribution is 7.89. The number of hydrogen-bond donors (Lipinski definition) is 3. The zero-order chi connectivity index (χ0) is 11.6. The number of H-pyrrole nitrogens is 1. The van der Waals surface area contributed by atoms with Gasteiger partial charge in [-0.3, -0.25) is 0 Å². The Labute approximate surface area is 94.1 Å². The monoisotopic (exact) mass is 245 g/mol. The molecule has 16 heavy (non-hydrogen) atoms. The molecular formula is C8H15N5O2S. The van der Waals surface area contributed by atoms with Gasteiger partial charge in [-0.05, 0) is 0 Å². The van der Waals surface area contributed by atoms with E-state index in [9.17, 15) is 8.42 Å². The summed E-state index contributed by atoms with van der Waals surface area (Å²) in [4.78, 5) is 6.34. The molecule has 0 aromatic carbocycles. The van der Waals surface area contributed by atoms with Crippen molar-refractivity contribution in [3.05, 3.63) is 12.5 Å². The predicted molar refractivity (Wildman–Crippen MR) is 58.2 cm³/mol. The molecule has 0 radical (unpaired) electrons. The summed E-state index contributed by atoms with van der Waals surface area (Å²) in [7, 11) is -3.48. The molecule has 1 aliphatic rings. The van der Waals surface area contributed by atoms with E-state index in [4.69, 9.17) is 5.73 Å². The number of rotatable bonds is 3. The van der Waals surface area contributed by atoms with Crippen molar-refractivity contribution in [3.8, 4) is 0 Å². The Hall–Kier alpha value is -0.960. The van der Waals surface area contributed by atoms with Crippen LogP contribution in [0.4, 0.5) is 0 Å². The molecule has 2 rings (SSSR count). The van der Waals surface area contributed by atoms with E-state index < -0.39 is 10.0 Å². The third kappa shape index (κ3) is 1.96. The lowest BCUT2D eigenvalue weighted by Crippen LogP contribution is -2.56.